The number of hydrogen-bond acceptors (Lipinski definition) is 6. The van der Waals surface area contributed by atoms with Gasteiger partial charge in [-0.3, -0.25) is 0 Å². The summed E-state index contributed by atoms with van der Waals surface area (Å²) < 4.78 is 5.25. The Bertz CT molecular complexity index is 597. The molecule has 0 saturated heterocycles. The molecule has 0 aliphatic carbocycles. The van der Waals surface area contributed by atoms with Crippen LogP contribution in [0.25, 0.3) is 0 Å². The van der Waals surface area contributed by atoms with Crippen LogP contribution in [0.15, 0.2) is 24.3 Å². The van der Waals surface area contributed by atoms with E-state index in [0.717, 1.165) is 25.0 Å². The minimum Gasteiger partial charge on any atom is -0.497 e. The van der Waals surface area contributed by atoms with Crippen molar-refractivity contribution in [3.63, 3.8) is 0 Å². The van der Waals surface area contributed by atoms with Gasteiger partial charge in [-0.2, -0.15) is 15.0 Å². The van der Waals surface area contributed by atoms with E-state index in [9.17, 15) is 0 Å². The third-order valence-corrected chi connectivity index (χ3v) is 3.51. The number of nitrogens with one attached hydrogen (secondary N) is 1. The molecule has 1 aromatic carbocycles. The van der Waals surface area contributed by atoms with Gasteiger partial charge in [-0.05, 0) is 43.9 Å². The number of nitrogen functional groups attached to an aromatic ring is 1. The van der Waals surface area contributed by atoms with E-state index >= 15 is 0 Å². The number of methoxy groups -OCH3 is 1. The molecule has 118 valence electrons. The van der Waals surface area contributed by atoms with Crippen molar-refractivity contribution in [2.75, 3.05) is 18.2 Å². The molecular weight excluding hydrogens is 278 g/mol. The van der Waals surface area contributed by atoms with Crippen molar-refractivity contribution in [3.8, 4) is 5.75 Å². The monoisotopic (exact) mass is 301 g/mol. The zero-order chi connectivity index (χ0) is 15.9. The van der Waals surface area contributed by atoms with Gasteiger partial charge in [0.1, 0.15) is 11.6 Å². The molecule has 0 saturated carbocycles. The summed E-state index contributed by atoms with van der Waals surface area (Å²) in [6, 6.07) is 8.43. The molecule has 0 amide bonds. The van der Waals surface area contributed by atoms with E-state index in [1.165, 1.54) is 5.56 Å². The van der Waals surface area contributed by atoms with E-state index in [4.69, 9.17) is 10.5 Å². The molecule has 22 heavy (non-hydrogen) atoms. The third kappa shape index (κ3) is 4.58. The minimum absolute atomic E-state index is 0.248. The summed E-state index contributed by atoms with van der Waals surface area (Å²) in [5, 5.41) is 3.34. The Morgan fingerprint density at radius 3 is 2.77 bits per heavy atom. The SMILES string of the molecule is CCC(CCc1cccc(OC)c1)Nc1nc(C)nc(N)n1. The van der Waals surface area contributed by atoms with Crippen LogP contribution < -0.4 is 15.8 Å². The molecule has 1 heterocycles. The molecule has 1 aromatic heterocycles. The number of benzene rings is 1. The van der Waals surface area contributed by atoms with Gasteiger partial charge in [0.2, 0.25) is 11.9 Å². The van der Waals surface area contributed by atoms with Crippen LogP contribution in [0.3, 0.4) is 0 Å². The highest BCUT2D eigenvalue weighted by Crippen LogP contribution is 2.16. The lowest BCUT2D eigenvalue weighted by Crippen LogP contribution is -2.21. The summed E-state index contributed by atoms with van der Waals surface area (Å²) in [5.74, 6) is 2.30. The average Bonchev–Trinajstić information content (AvgIpc) is 2.50. The van der Waals surface area contributed by atoms with Crippen LogP contribution in [0, 0.1) is 6.92 Å². The van der Waals surface area contributed by atoms with E-state index < -0.39 is 0 Å². The van der Waals surface area contributed by atoms with Gasteiger partial charge in [0.15, 0.2) is 0 Å². The lowest BCUT2D eigenvalue weighted by atomic mass is 10.0. The Balaban J connectivity index is 1.96. The molecule has 0 fully saturated rings. The first-order chi connectivity index (χ1) is 10.6. The van der Waals surface area contributed by atoms with E-state index in [1.807, 2.05) is 12.1 Å². The van der Waals surface area contributed by atoms with E-state index in [0.29, 0.717) is 11.8 Å². The van der Waals surface area contributed by atoms with Crippen LogP contribution in [0.2, 0.25) is 0 Å². The maximum absolute atomic E-state index is 5.66. The number of hydrogen-bond donors (Lipinski definition) is 2. The zero-order valence-corrected chi connectivity index (χ0v) is 13.3. The van der Waals surface area contributed by atoms with Gasteiger partial charge in [0, 0.05) is 6.04 Å². The number of nitrogens with two attached hydrogens (primary N) is 1. The zero-order valence-electron chi connectivity index (χ0n) is 13.3. The predicted molar refractivity (Wildman–Crippen MR) is 88.0 cm³/mol. The summed E-state index contributed by atoms with van der Waals surface area (Å²) in [4.78, 5) is 12.4. The molecule has 0 radical (unpaired) electrons. The first-order valence-electron chi connectivity index (χ1n) is 7.48. The van der Waals surface area contributed by atoms with Crippen LogP contribution >= 0.6 is 0 Å². The molecule has 6 heteroatoms. The van der Waals surface area contributed by atoms with E-state index in [1.54, 1.807) is 14.0 Å². The fraction of sp³-hybridized carbons (Fsp3) is 0.438. The van der Waals surface area contributed by atoms with Gasteiger partial charge >= 0.3 is 0 Å². The average molecular weight is 301 g/mol. The highest BCUT2D eigenvalue weighted by atomic mass is 16.5. The fourth-order valence-electron chi connectivity index (χ4n) is 2.30. The van der Waals surface area contributed by atoms with Crippen LogP contribution in [0.4, 0.5) is 11.9 Å². The number of nitrogens with zero attached hydrogens (tertiary/aromatic N) is 3. The summed E-state index contributed by atoms with van der Waals surface area (Å²) in [6.07, 6.45) is 2.92. The van der Waals surface area contributed by atoms with Crippen LogP contribution in [0.1, 0.15) is 31.2 Å². The molecule has 2 aromatic rings. The molecule has 1 atom stereocenters. The van der Waals surface area contributed by atoms with E-state index in [2.05, 4.69) is 39.3 Å². The Morgan fingerprint density at radius 1 is 1.27 bits per heavy atom. The number of aryl methyl sites for hydroxylation is 2. The number of aromatic nitrogens is 3. The maximum atomic E-state index is 5.66. The summed E-state index contributed by atoms with van der Waals surface area (Å²) in [7, 11) is 1.68. The smallest absolute Gasteiger partial charge is 0.227 e. The van der Waals surface area contributed by atoms with Gasteiger partial charge in [0.25, 0.3) is 0 Å². The number of anilines is 2. The minimum atomic E-state index is 0.248. The molecule has 6 nitrogen and oxygen atoms in total. The molecule has 0 spiro atoms. The lowest BCUT2D eigenvalue weighted by molar-refractivity contribution is 0.414. The normalized spacial score (nSPS) is 12.0. The summed E-state index contributed by atoms with van der Waals surface area (Å²) in [6.45, 7) is 3.95. The first-order valence-corrected chi connectivity index (χ1v) is 7.48. The van der Waals surface area contributed by atoms with Gasteiger partial charge < -0.3 is 15.8 Å². The van der Waals surface area contributed by atoms with Crippen molar-refractivity contribution in [3.05, 3.63) is 35.7 Å². The van der Waals surface area contributed by atoms with Crippen molar-refractivity contribution in [2.24, 2.45) is 0 Å². The molecule has 0 aliphatic rings. The Morgan fingerprint density at radius 2 is 2.09 bits per heavy atom. The molecular formula is C16H23N5O. The van der Waals surface area contributed by atoms with Crippen molar-refractivity contribution >= 4 is 11.9 Å². The van der Waals surface area contributed by atoms with Crippen molar-refractivity contribution in [1.82, 2.24) is 15.0 Å². The van der Waals surface area contributed by atoms with Gasteiger partial charge in [-0.1, -0.05) is 19.1 Å². The highest BCUT2D eigenvalue weighted by molar-refractivity contribution is 5.32. The first kappa shape index (κ1) is 16.0. The second kappa shape index (κ2) is 7.59. The second-order valence-corrected chi connectivity index (χ2v) is 5.20. The molecule has 1 unspecified atom stereocenters. The Hall–Kier alpha value is -2.37. The van der Waals surface area contributed by atoms with Gasteiger partial charge in [0.05, 0.1) is 7.11 Å². The van der Waals surface area contributed by atoms with E-state index in [-0.39, 0.29) is 12.0 Å². The highest BCUT2D eigenvalue weighted by Gasteiger charge is 2.10. The quantitative estimate of drug-likeness (QED) is 0.817. The van der Waals surface area contributed by atoms with Crippen molar-refractivity contribution < 1.29 is 4.74 Å². The molecule has 2 rings (SSSR count). The molecule has 0 bridgehead atoms. The maximum Gasteiger partial charge on any atom is 0.227 e. The Labute approximate surface area is 131 Å². The number of ether oxygens (including phenoxy) is 1. The molecule has 3 N–H and O–H groups in total. The van der Waals surface area contributed by atoms with Crippen molar-refractivity contribution in [1.29, 1.82) is 0 Å². The third-order valence-electron chi connectivity index (χ3n) is 3.51. The lowest BCUT2D eigenvalue weighted by Gasteiger charge is -2.17. The molecule has 0 aliphatic heterocycles. The second-order valence-electron chi connectivity index (χ2n) is 5.20. The Kier molecular flexibility index (Phi) is 5.52. The van der Waals surface area contributed by atoms with Crippen LogP contribution in [-0.4, -0.2) is 28.1 Å². The van der Waals surface area contributed by atoms with Crippen LogP contribution in [-0.2, 0) is 6.42 Å². The standard InChI is InChI=1S/C16H23N5O/c1-4-13(20-16-19-11(2)18-15(17)21-16)9-8-12-6-5-7-14(10-12)22-3/h5-7,10,13H,4,8-9H2,1-3H3,(H3,17,18,19,20,21). The summed E-state index contributed by atoms with van der Waals surface area (Å²) >= 11 is 0. The fourth-order valence-corrected chi connectivity index (χ4v) is 2.30. The van der Waals surface area contributed by atoms with Gasteiger partial charge in [-0.25, -0.2) is 0 Å². The topological polar surface area (TPSA) is 86.0 Å². The predicted octanol–water partition coefficient (Wildman–Crippen LogP) is 2.59. The number of rotatable bonds is 7. The van der Waals surface area contributed by atoms with Gasteiger partial charge in [-0.15, -0.1) is 0 Å². The van der Waals surface area contributed by atoms with Crippen LogP contribution in [0.5, 0.6) is 5.75 Å². The van der Waals surface area contributed by atoms with Crippen molar-refractivity contribution in [2.45, 2.75) is 39.2 Å². The largest absolute Gasteiger partial charge is 0.497 e. The summed E-state index contributed by atoms with van der Waals surface area (Å²) in [5.41, 5.74) is 6.91.